The van der Waals surface area contributed by atoms with Crippen molar-refractivity contribution in [3.63, 3.8) is 0 Å². The summed E-state index contributed by atoms with van der Waals surface area (Å²) in [4.78, 5) is 14.1. The number of amides is 2. The summed E-state index contributed by atoms with van der Waals surface area (Å²) >= 11 is 0. The second kappa shape index (κ2) is 6.48. The average Bonchev–Trinajstić information content (AvgIpc) is 2.80. The van der Waals surface area contributed by atoms with Crippen molar-refractivity contribution in [1.29, 1.82) is 0 Å². The number of hydrogen-bond donors (Lipinski definition) is 2. The van der Waals surface area contributed by atoms with Crippen LogP contribution in [0.25, 0.3) is 0 Å². The molecule has 1 saturated heterocycles. The number of hydrogen-bond acceptors (Lipinski definition) is 2. The quantitative estimate of drug-likeness (QED) is 0.889. The highest BCUT2D eigenvalue weighted by atomic mass is 16.2. The highest BCUT2D eigenvalue weighted by Gasteiger charge is 2.31. The molecule has 1 unspecified atom stereocenters. The fourth-order valence-corrected chi connectivity index (χ4v) is 2.77. The van der Waals surface area contributed by atoms with E-state index < -0.39 is 0 Å². The van der Waals surface area contributed by atoms with Gasteiger partial charge in [-0.3, -0.25) is 0 Å². The lowest BCUT2D eigenvalue weighted by atomic mass is 9.93. The minimum Gasteiger partial charge on any atom is -0.324 e. The van der Waals surface area contributed by atoms with E-state index in [9.17, 15) is 4.79 Å². The van der Waals surface area contributed by atoms with Crippen LogP contribution in [0, 0.1) is 5.41 Å². The third-order valence-electron chi connectivity index (χ3n) is 4.14. The van der Waals surface area contributed by atoms with Gasteiger partial charge in [0.2, 0.25) is 0 Å². The molecule has 1 aliphatic rings. The minimum atomic E-state index is 0.00746. The topological polar surface area (TPSA) is 44.4 Å². The largest absolute Gasteiger partial charge is 0.324 e. The first kappa shape index (κ1) is 15.8. The summed E-state index contributed by atoms with van der Waals surface area (Å²) in [6.45, 7) is 11.3. The van der Waals surface area contributed by atoms with Crippen LogP contribution in [0.2, 0.25) is 0 Å². The molecular weight excluding hydrogens is 262 g/mol. The average molecular weight is 289 g/mol. The Kier molecular flexibility index (Phi) is 4.88. The van der Waals surface area contributed by atoms with E-state index >= 15 is 0 Å². The molecule has 1 atom stereocenters. The summed E-state index contributed by atoms with van der Waals surface area (Å²) in [7, 11) is 0. The highest BCUT2D eigenvalue weighted by Crippen LogP contribution is 2.29. The molecule has 2 amide bonds. The van der Waals surface area contributed by atoms with Crippen LogP contribution in [0.3, 0.4) is 0 Å². The number of nitrogens with one attached hydrogen (secondary N) is 2. The highest BCUT2D eigenvalue weighted by molar-refractivity contribution is 5.89. The zero-order valence-corrected chi connectivity index (χ0v) is 13.6. The third kappa shape index (κ3) is 4.21. The number of anilines is 1. The van der Waals surface area contributed by atoms with Gasteiger partial charge in [0.05, 0.1) is 0 Å². The van der Waals surface area contributed by atoms with Crippen molar-refractivity contribution in [2.75, 3.05) is 25.0 Å². The van der Waals surface area contributed by atoms with Crippen LogP contribution in [0.1, 0.15) is 45.7 Å². The fourth-order valence-electron chi connectivity index (χ4n) is 2.77. The number of carbonyl (C=O) groups excluding carboxylic acids is 1. The summed E-state index contributed by atoms with van der Waals surface area (Å²) in [5.74, 6) is 0. The molecule has 0 radical (unpaired) electrons. The molecule has 0 aromatic heterocycles. The van der Waals surface area contributed by atoms with Gasteiger partial charge in [-0.25, -0.2) is 4.79 Å². The van der Waals surface area contributed by atoms with Crippen molar-refractivity contribution in [3.8, 4) is 0 Å². The van der Waals surface area contributed by atoms with Crippen LogP contribution in [0.15, 0.2) is 24.3 Å². The molecule has 0 aliphatic carbocycles. The predicted molar refractivity (Wildman–Crippen MR) is 87.5 cm³/mol. The van der Waals surface area contributed by atoms with Gasteiger partial charge in [-0.05, 0) is 43.0 Å². The zero-order valence-electron chi connectivity index (χ0n) is 13.6. The molecular formula is C17H27N3O. The van der Waals surface area contributed by atoms with E-state index in [1.54, 1.807) is 0 Å². The second-order valence-electron chi connectivity index (χ2n) is 6.67. The van der Waals surface area contributed by atoms with Crippen LogP contribution in [0.5, 0.6) is 0 Å². The van der Waals surface area contributed by atoms with Crippen LogP contribution in [-0.2, 0) is 0 Å². The summed E-state index contributed by atoms with van der Waals surface area (Å²) < 4.78 is 0. The molecule has 1 heterocycles. The van der Waals surface area contributed by atoms with Crippen LogP contribution in [-0.4, -0.2) is 30.6 Å². The smallest absolute Gasteiger partial charge is 0.321 e. The van der Waals surface area contributed by atoms with Gasteiger partial charge in [-0.1, -0.05) is 32.9 Å². The monoisotopic (exact) mass is 289 g/mol. The Bertz CT molecular complexity index is 481. The normalized spacial score (nSPS) is 18.6. The number of urea groups is 1. The van der Waals surface area contributed by atoms with Crippen molar-refractivity contribution in [2.45, 2.75) is 40.2 Å². The van der Waals surface area contributed by atoms with Crippen LogP contribution >= 0.6 is 0 Å². The maximum absolute atomic E-state index is 12.2. The molecule has 0 saturated carbocycles. The van der Waals surface area contributed by atoms with E-state index in [0.717, 1.165) is 31.7 Å². The van der Waals surface area contributed by atoms with E-state index in [2.05, 4.69) is 50.5 Å². The molecule has 2 N–H and O–H groups in total. The van der Waals surface area contributed by atoms with E-state index in [1.165, 1.54) is 5.56 Å². The third-order valence-corrected chi connectivity index (χ3v) is 4.14. The summed E-state index contributed by atoms with van der Waals surface area (Å²) in [6.07, 6.45) is 1.07. The Labute approximate surface area is 127 Å². The molecule has 0 bridgehead atoms. The van der Waals surface area contributed by atoms with Crippen molar-refractivity contribution in [3.05, 3.63) is 29.8 Å². The predicted octanol–water partition coefficient (Wildman–Crippen LogP) is 3.62. The zero-order chi connectivity index (χ0) is 15.5. The molecule has 21 heavy (non-hydrogen) atoms. The van der Waals surface area contributed by atoms with Crippen molar-refractivity contribution >= 4 is 11.7 Å². The first-order chi connectivity index (χ1) is 9.91. The van der Waals surface area contributed by atoms with Crippen LogP contribution in [0.4, 0.5) is 10.5 Å². The Hall–Kier alpha value is -1.55. The number of carbonyl (C=O) groups is 1. The first-order valence-electron chi connectivity index (χ1n) is 7.80. The molecule has 0 spiro atoms. The molecule has 1 aromatic rings. The van der Waals surface area contributed by atoms with Gasteiger partial charge in [0.25, 0.3) is 0 Å². The van der Waals surface area contributed by atoms with E-state index in [4.69, 9.17) is 0 Å². The van der Waals surface area contributed by atoms with E-state index in [1.807, 2.05) is 17.0 Å². The number of nitrogens with zero attached hydrogens (tertiary/aromatic N) is 1. The molecule has 116 valence electrons. The SMILES string of the molecule is CCNC(C)c1ccc(NC(=O)N2CCC(C)(C)C2)cc1. The molecule has 4 nitrogen and oxygen atoms in total. The van der Waals surface area contributed by atoms with E-state index in [-0.39, 0.29) is 11.4 Å². The van der Waals surface area contributed by atoms with Gasteiger partial charge in [-0.2, -0.15) is 0 Å². The van der Waals surface area contributed by atoms with Gasteiger partial charge in [-0.15, -0.1) is 0 Å². The lowest BCUT2D eigenvalue weighted by Gasteiger charge is -2.20. The van der Waals surface area contributed by atoms with Crippen molar-refractivity contribution in [2.24, 2.45) is 5.41 Å². The molecule has 1 fully saturated rings. The maximum atomic E-state index is 12.2. The Balaban J connectivity index is 1.93. The van der Waals surface area contributed by atoms with Gasteiger partial charge < -0.3 is 15.5 Å². The van der Waals surface area contributed by atoms with E-state index in [0.29, 0.717) is 6.04 Å². The Morgan fingerprint density at radius 1 is 1.33 bits per heavy atom. The molecule has 4 heteroatoms. The van der Waals surface area contributed by atoms with Gasteiger partial charge >= 0.3 is 6.03 Å². The first-order valence-corrected chi connectivity index (χ1v) is 7.80. The summed E-state index contributed by atoms with van der Waals surface area (Å²) in [5.41, 5.74) is 2.33. The number of likely N-dealkylation sites (tertiary alicyclic amines) is 1. The Morgan fingerprint density at radius 2 is 2.00 bits per heavy atom. The lowest BCUT2D eigenvalue weighted by Crippen LogP contribution is -2.34. The van der Waals surface area contributed by atoms with Crippen molar-refractivity contribution < 1.29 is 4.79 Å². The lowest BCUT2D eigenvalue weighted by molar-refractivity contribution is 0.217. The number of rotatable bonds is 4. The maximum Gasteiger partial charge on any atom is 0.321 e. The second-order valence-corrected chi connectivity index (χ2v) is 6.67. The summed E-state index contributed by atoms with van der Waals surface area (Å²) in [6, 6.07) is 8.42. The van der Waals surface area contributed by atoms with Gasteiger partial charge in [0.15, 0.2) is 0 Å². The Morgan fingerprint density at radius 3 is 2.52 bits per heavy atom. The molecule has 2 rings (SSSR count). The minimum absolute atomic E-state index is 0.00746. The van der Waals surface area contributed by atoms with Gasteiger partial charge in [0.1, 0.15) is 0 Å². The fraction of sp³-hybridized carbons (Fsp3) is 0.588. The standard InChI is InChI=1S/C17H27N3O/c1-5-18-13(2)14-6-8-15(9-7-14)19-16(21)20-11-10-17(3,4)12-20/h6-9,13,18H,5,10-12H2,1-4H3,(H,19,21). The van der Waals surface area contributed by atoms with Crippen LogP contribution < -0.4 is 10.6 Å². The molecule has 1 aromatic carbocycles. The van der Waals surface area contributed by atoms with Gasteiger partial charge in [0, 0.05) is 24.8 Å². The number of benzene rings is 1. The summed E-state index contributed by atoms with van der Waals surface area (Å²) in [5, 5.41) is 6.37. The molecule has 1 aliphatic heterocycles. The van der Waals surface area contributed by atoms with Crippen molar-refractivity contribution in [1.82, 2.24) is 10.2 Å².